The third-order valence-corrected chi connectivity index (χ3v) is 3.99. The maximum Gasteiger partial charge on any atom is 0.534 e. The van der Waals surface area contributed by atoms with Crippen LogP contribution in [0.3, 0.4) is 0 Å². The van der Waals surface area contributed by atoms with E-state index in [1.165, 1.54) is 12.1 Å². The van der Waals surface area contributed by atoms with Crippen molar-refractivity contribution in [2.45, 2.75) is 32.7 Å². The van der Waals surface area contributed by atoms with E-state index in [9.17, 15) is 26.4 Å². The maximum atomic E-state index is 12.4. The van der Waals surface area contributed by atoms with Gasteiger partial charge in [0.15, 0.2) is 0 Å². The molecule has 0 aliphatic rings. The van der Waals surface area contributed by atoms with Crippen LogP contribution in [-0.4, -0.2) is 25.6 Å². The summed E-state index contributed by atoms with van der Waals surface area (Å²) in [5.41, 5.74) is -6.14. The molecule has 0 unspecified atom stereocenters. The van der Waals surface area contributed by atoms with Gasteiger partial charge in [-0.05, 0) is 24.6 Å². The lowest BCUT2D eigenvalue weighted by Gasteiger charge is -2.14. The van der Waals surface area contributed by atoms with Crippen molar-refractivity contribution < 1.29 is 35.3 Å². The molecule has 0 fully saturated rings. The Balaban J connectivity index is 0.00000151. The van der Waals surface area contributed by atoms with Crippen LogP contribution in [0.25, 0.3) is 11.0 Å². The molecular formula is C15H17F3O6S. The zero-order valence-electron chi connectivity index (χ0n) is 13.7. The van der Waals surface area contributed by atoms with E-state index in [1.54, 1.807) is 6.92 Å². The first-order chi connectivity index (χ1) is 11.6. The number of aliphatic hydroxyl groups is 1. The Hall–Kier alpha value is -2.07. The van der Waals surface area contributed by atoms with Gasteiger partial charge >= 0.3 is 21.3 Å². The minimum absolute atomic E-state index is 0.126. The Labute approximate surface area is 142 Å². The second-order valence-corrected chi connectivity index (χ2v) is 6.16. The van der Waals surface area contributed by atoms with Gasteiger partial charge in [-0.3, -0.25) is 0 Å². The summed E-state index contributed by atoms with van der Waals surface area (Å²) in [7, 11) is -5.88. The average molecular weight is 382 g/mol. The lowest BCUT2D eigenvalue weighted by molar-refractivity contribution is -0.0500. The zero-order valence-corrected chi connectivity index (χ0v) is 14.5. The highest BCUT2D eigenvalue weighted by Gasteiger charge is 2.48. The SMILES string of the molecule is CC.Cc1cc(=O)oc2c(CCO)c(OS(=O)(=O)C(F)(F)F)ccc12. The number of halogens is 3. The number of benzene rings is 1. The number of hydrogen-bond acceptors (Lipinski definition) is 6. The van der Waals surface area contributed by atoms with Crippen molar-refractivity contribution in [3.8, 4) is 5.75 Å². The van der Waals surface area contributed by atoms with Crippen LogP contribution in [-0.2, 0) is 16.5 Å². The normalized spacial score (nSPS) is 11.8. The number of aliphatic hydroxyl groups excluding tert-OH is 1. The first-order valence-electron chi connectivity index (χ1n) is 7.25. The molecule has 0 bridgehead atoms. The molecule has 2 aromatic rings. The molecule has 0 atom stereocenters. The van der Waals surface area contributed by atoms with Gasteiger partial charge in [-0.2, -0.15) is 21.6 Å². The van der Waals surface area contributed by atoms with E-state index >= 15 is 0 Å². The summed E-state index contributed by atoms with van der Waals surface area (Å²) in [5, 5.41) is 9.45. The van der Waals surface area contributed by atoms with Gasteiger partial charge in [-0.15, -0.1) is 0 Å². The molecule has 0 saturated heterocycles. The predicted octanol–water partition coefficient (Wildman–Crippen LogP) is 2.89. The molecule has 1 heterocycles. The van der Waals surface area contributed by atoms with Gasteiger partial charge in [-0.1, -0.05) is 13.8 Å². The van der Waals surface area contributed by atoms with Gasteiger partial charge in [0, 0.05) is 30.0 Å². The zero-order chi connectivity index (χ0) is 19.4. The van der Waals surface area contributed by atoms with Crippen LogP contribution in [0.15, 0.2) is 27.4 Å². The molecule has 1 N–H and O–H groups in total. The minimum atomic E-state index is -5.88. The number of fused-ring (bicyclic) bond motifs is 1. The van der Waals surface area contributed by atoms with Crippen LogP contribution in [0.2, 0.25) is 0 Å². The lowest BCUT2D eigenvalue weighted by Crippen LogP contribution is -2.28. The van der Waals surface area contributed by atoms with E-state index in [4.69, 9.17) is 9.52 Å². The Kier molecular flexibility index (Phi) is 6.61. The molecule has 0 radical (unpaired) electrons. The van der Waals surface area contributed by atoms with Gasteiger partial charge in [0.1, 0.15) is 11.3 Å². The largest absolute Gasteiger partial charge is 0.534 e. The van der Waals surface area contributed by atoms with E-state index in [0.29, 0.717) is 10.9 Å². The fraction of sp³-hybridized carbons (Fsp3) is 0.400. The Morgan fingerprint density at radius 1 is 1.24 bits per heavy atom. The molecule has 0 amide bonds. The van der Waals surface area contributed by atoms with Crippen molar-refractivity contribution in [1.29, 1.82) is 0 Å². The standard InChI is InChI=1S/C13H11F3O6S.C2H6/c1-7-6-11(18)21-12-8(7)2-3-10(9(12)4-5-17)22-23(19,20)13(14,15)16;1-2/h2-3,6,17H,4-5H2,1H3;1-2H3. The van der Waals surface area contributed by atoms with Crippen molar-refractivity contribution in [2.24, 2.45) is 0 Å². The fourth-order valence-electron chi connectivity index (χ4n) is 2.01. The van der Waals surface area contributed by atoms with Crippen LogP contribution < -0.4 is 9.81 Å². The Morgan fingerprint density at radius 3 is 2.36 bits per heavy atom. The first kappa shape index (κ1) is 21.0. The molecule has 6 nitrogen and oxygen atoms in total. The smallest absolute Gasteiger partial charge is 0.422 e. The highest BCUT2D eigenvalue weighted by molar-refractivity contribution is 7.88. The summed E-state index contributed by atoms with van der Waals surface area (Å²) < 4.78 is 68.7. The third-order valence-electron chi connectivity index (χ3n) is 3.02. The number of alkyl halides is 3. The van der Waals surface area contributed by atoms with E-state index < -0.39 is 33.6 Å². The molecule has 140 valence electrons. The number of aryl methyl sites for hydroxylation is 1. The third kappa shape index (κ3) is 4.51. The van der Waals surface area contributed by atoms with Crippen molar-refractivity contribution in [3.63, 3.8) is 0 Å². The second kappa shape index (κ2) is 7.87. The number of hydrogen-bond donors (Lipinski definition) is 1. The van der Waals surface area contributed by atoms with Gasteiger partial charge in [0.25, 0.3) is 0 Å². The lowest BCUT2D eigenvalue weighted by atomic mass is 10.0. The van der Waals surface area contributed by atoms with Crippen molar-refractivity contribution in [3.05, 3.63) is 39.7 Å². The summed E-state index contributed by atoms with van der Waals surface area (Å²) in [6, 6.07) is 3.47. The topological polar surface area (TPSA) is 93.8 Å². The summed E-state index contributed by atoms with van der Waals surface area (Å²) in [6.07, 6.45) is -0.257. The molecular weight excluding hydrogens is 365 g/mol. The molecule has 25 heavy (non-hydrogen) atoms. The van der Waals surface area contributed by atoms with E-state index in [2.05, 4.69) is 4.18 Å². The van der Waals surface area contributed by atoms with Gasteiger partial charge in [0.2, 0.25) is 0 Å². The molecule has 0 spiro atoms. The Bertz CT molecular complexity index is 900. The quantitative estimate of drug-likeness (QED) is 0.496. The highest BCUT2D eigenvalue weighted by atomic mass is 32.2. The average Bonchev–Trinajstić information content (AvgIpc) is 2.50. The fourth-order valence-corrected chi connectivity index (χ4v) is 2.50. The maximum absolute atomic E-state index is 12.4. The summed E-state index contributed by atoms with van der Waals surface area (Å²) in [5.74, 6) is -0.655. The predicted molar refractivity (Wildman–Crippen MR) is 85.0 cm³/mol. The monoisotopic (exact) mass is 382 g/mol. The van der Waals surface area contributed by atoms with Gasteiger partial charge < -0.3 is 13.7 Å². The van der Waals surface area contributed by atoms with E-state index in [0.717, 1.165) is 6.07 Å². The molecule has 0 aliphatic heterocycles. The van der Waals surface area contributed by atoms with E-state index in [-0.39, 0.29) is 17.6 Å². The van der Waals surface area contributed by atoms with Crippen LogP contribution in [0, 0.1) is 6.92 Å². The molecule has 1 aromatic heterocycles. The molecule has 1 aromatic carbocycles. The van der Waals surface area contributed by atoms with Crippen LogP contribution in [0.1, 0.15) is 25.0 Å². The Morgan fingerprint density at radius 2 is 1.84 bits per heavy atom. The van der Waals surface area contributed by atoms with Crippen LogP contribution >= 0.6 is 0 Å². The van der Waals surface area contributed by atoms with Gasteiger partial charge in [0.05, 0.1) is 0 Å². The summed E-state index contributed by atoms with van der Waals surface area (Å²) in [4.78, 5) is 11.4. The highest BCUT2D eigenvalue weighted by Crippen LogP contribution is 2.33. The van der Waals surface area contributed by atoms with Crippen LogP contribution in [0.4, 0.5) is 13.2 Å². The second-order valence-electron chi connectivity index (χ2n) is 4.62. The van der Waals surface area contributed by atoms with Gasteiger partial charge in [-0.25, -0.2) is 4.79 Å². The van der Waals surface area contributed by atoms with E-state index in [1.807, 2.05) is 13.8 Å². The van der Waals surface area contributed by atoms with Crippen molar-refractivity contribution in [2.75, 3.05) is 6.61 Å². The van der Waals surface area contributed by atoms with Crippen LogP contribution in [0.5, 0.6) is 5.75 Å². The first-order valence-corrected chi connectivity index (χ1v) is 8.65. The molecule has 10 heteroatoms. The van der Waals surface area contributed by atoms with Crippen molar-refractivity contribution >= 4 is 21.1 Å². The molecule has 0 saturated carbocycles. The summed E-state index contributed by atoms with van der Waals surface area (Å²) >= 11 is 0. The molecule has 2 rings (SSSR count). The molecule has 0 aliphatic carbocycles. The summed E-state index contributed by atoms with van der Waals surface area (Å²) in [6.45, 7) is 5.06. The minimum Gasteiger partial charge on any atom is -0.422 e. The van der Waals surface area contributed by atoms with Crippen molar-refractivity contribution in [1.82, 2.24) is 0 Å². The number of rotatable bonds is 4.